The van der Waals surface area contributed by atoms with E-state index in [1.807, 2.05) is 36.4 Å². The molecule has 0 radical (unpaired) electrons. The van der Waals surface area contributed by atoms with E-state index in [4.69, 9.17) is 11.6 Å². The molecule has 0 spiro atoms. The molecule has 1 heterocycles. The third-order valence-electron chi connectivity index (χ3n) is 2.63. The van der Waals surface area contributed by atoms with Gasteiger partial charge in [-0.3, -0.25) is 0 Å². The first-order chi connectivity index (χ1) is 8.65. The summed E-state index contributed by atoms with van der Waals surface area (Å²) in [6.45, 7) is 0. The minimum Gasteiger partial charge on any atom is -0.338 e. The summed E-state index contributed by atoms with van der Waals surface area (Å²) in [6.07, 6.45) is 0. The van der Waals surface area contributed by atoms with E-state index in [9.17, 15) is 0 Å². The lowest BCUT2D eigenvalue weighted by molar-refractivity contribution is 1.33. The average molecular weight is 386 g/mol. The number of H-pyrrole nitrogens is 1. The van der Waals surface area contributed by atoms with Crippen molar-refractivity contribution in [1.29, 1.82) is 0 Å². The van der Waals surface area contributed by atoms with E-state index in [2.05, 4.69) is 41.8 Å². The number of imidazole rings is 1. The molecule has 0 aliphatic heterocycles. The van der Waals surface area contributed by atoms with Gasteiger partial charge in [0.1, 0.15) is 11.3 Å². The second kappa shape index (κ2) is 4.68. The first kappa shape index (κ1) is 12.2. The van der Waals surface area contributed by atoms with Crippen LogP contribution in [-0.2, 0) is 0 Å². The quantitative estimate of drug-likeness (QED) is 0.595. The topological polar surface area (TPSA) is 28.7 Å². The fraction of sp³-hybridized carbons (Fsp3) is 0. The second-order valence-electron chi connectivity index (χ2n) is 3.85. The molecule has 90 valence electrons. The van der Waals surface area contributed by atoms with Crippen LogP contribution in [0.4, 0.5) is 0 Å². The molecule has 0 bridgehead atoms. The Bertz CT molecular complexity index is 737. The summed E-state index contributed by atoms with van der Waals surface area (Å²) in [5.74, 6) is 0.820. The Balaban J connectivity index is 2.26. The van der Waals surface area contributed by atoms with Crippen LogP contribution in [0.2, 0.25) is 5.02 Å². The van der Waals surface area contributed by atoms with Crippen LogP contribution in [0.1, 0.15) is 0 Å². The summed E-state index contributed by atoms with van der Waals surface area (Å²) in [5.41, 5.74) is 2.82. The normalized spacial score (nSPS) is 11.1. The van der Waals surface area contributed by atoms with Gasteiger partial charge < -0.3 is 4.98 Å². The standard InChI is InChI=1S/C13H7Br2ClN2/c14-9-4-2-1-3-8(9)13-17-11-6-7(16)5-10(15)12(11)18-13/h1-6H,(H,17,18). The first-order valence-corrected chi connectivity index (χ1v) is 7.21. The second-order valence-corrected chi connectivity index (χ2v) is 5.99. The molecule has 0 amide bonds. The van der Waals surface area contributed by atoms with Crippen LogP contribution in [0, 0.1) is 0 Å². The van der Waals surface area contributed by atoms with Gasteiger partial charge in [0.05, 0.1) is 5.52 Å². The Morgan fingerprint density at radius 1 is 1.06 bits per heavy atom. The van der Waals surface area contributed by atoms with E-state index in [1.165, 1.54) is 0 Å². The summed E-state index contributed by atoms with van der Waals surface area (Å²) < 4.78 is 1.89. The number of halogens is 3. The lowest BCUT2D eigenvalue weighted by atomic mass is 10.2. The molecule has 2 nitrogen and oxygen atoms in total. The summed E-state index contributed by atoms with van der Waals surface area (Å²) in [4.78, 5) is 7.87. The van der Waals surface area contributed by atoms with Gasteiger partial charge in [-0.25, -0.2) is 4.98 Å². The van der Waals surface area contributed by atoms with Gasteiger partial charge in [0, 0.05) is 19.5 Å². The van der Waals surface area contributed by atoms with Gasteiger partial charge in [-0.2, -0.15) is 0 Å². The Hall–Kier alpha value is -0.840. The Morgan fingerprint density at radius 2 is 1.83 bits per heavy atom. The molecule has 3 rings (SSSR count). The number of aromatic amines is 1. The van der Waals surface area contributed by atoms with Crippen LogP contribution in [0.25, 0.3) is 22.4 Å². The summed E-state index contributed by atoms with van der Waals surface area (Å²) in [7, 11) is 0. The molecule has 0 fully saturated rings. The number of nitrogens with zero attached hydrogens (tertiary/aromatic N) is 1. The highest BCUT2D eigenvalue weighted by Gasteiger charge is 2.10. The lowest BCUT2D eigenvalue weighted by Gasteiger charge is -1.98. The number of benzene rings is 2. The van der Waals surface area contributed by atoms with Crippen molar-refractivity contribution in [3.05, 3.63) is 50.4 Å². The number of nitrogens with one attached hydrogen (secondary N) is 1. The predicted molar refractivity (Wildman–Crippen MR) is 81.9 cm³/mol. The lowest BCUT2D eigenvalue weighted by Crippen LogP contribution is -1.81. The largest absolute Gasteiger partial charge is 0.338 e. The van der Waals surface area contributed by atoms with Crippen LogP contribution < -0.4 is 0 Å². The van der Waals surface area contributed by atoms with Crippen molar-refractivity contribution in [3.8, 4) is 11.4 Å². The molecule has 2 aromatic carbocycles. The Labute approximate surface area is 126 Å². The summed E-state index contributed by atoms with van der Waals surface area (Å²) in [6, 6.07) is 11.7. The van der Waals surface area contributed by atoms with E-state index in [0.29, 0.717) is 5.02 Å². The van der Waals surface area contributed by atoms with Gasteiger partial charge in [0.25, 0.3) is 0 Å². The molecular weight excluding hydrogens is 379 g/mol. The maximum Gasteiger partial charge on any atom is 0.139 e. The molecule has 0 saturated heterocycles. The van der Waals surface area contributed by atoms with Crippen molar-refractivity contribution in [2.45, 2.75) is 0 Å². The number of fused-ring (bicyclic) bond motifs is 1. The number of aromatic nitrogens is 2. The zero-order valence-electron chi connectivity index (χ0n) is 9.05. The monoisotopic (exact) mass is 384 g/mol. The third kappa shape index (κ3) is 2.09. The van der Waals surface area contributed by atoms with Gasteiger partial charge in [0.15, 0.2) is 0 Å². The van der Waals surface area contributed by atoms with E-state index >= 15 is 0 Å². The van der Waals surface area contributed by atoms with E-state index in [0.717, 1.165) is 31.4 Å². The SMILES string of the molecule is Clc1cc(Br)c2nc(-c3ccccc3Br)[nH]c2c1. The molecule has 5 heteroatoms. The van der Waals surface area contributed by atoms with Gasteiger partial charge in [-0.1, -0.05) is 45.7 Å². The molecule has 18 heavy (non-hydrogen) atoms. The molecular formula is C13H7Br2ClN2. The van der Waals surface area contributed by atoms with Crippen molar-refractivity contribution >= 4 is 54.5 Å². The van der Waals surface area contributed by atoms with Gasteiger partial charge in [-0.15, -0.1) is 0 Å². The van der Waals surface area contributed by atoms with E-state index in [1.54, 1.807) is 0 Å². The first-order valence-electron chi connectivity index (χ1n) is 5.25. The smallest absolute Gasteiger partial charge is 0.139 e. The molecule has 0 atom stereocenters. The van der Waals surface area contributed by atoms with Crippen molar-refractivity contribution in [2.24, 2.45) is 0 Å². The number of hydrogen-bond acceptors (Lipinski definition) is 1. The summed E-state index contributed by atoms with van der Waals surface area (Å²) in [5, 5.41) is 0.678. The predicted octanol–water partition coefficient (Wildman–Crippen LogP) is 5.41. The summed E-state index contributed by atoms with van der Waals surface area (Å²) >= 11 is 13.0. The van der Waals surface area contributed by atoms with Gasteiger partial charge in [0.2, 0.25) is 0 Å². The van der Waals surface area contributed by atoms with Crippen LogP contribution in [0.3, 0.4) is 0 Å². The van der Waals surface area contributed by atoms with E-state index in [-0.39, 0.29) is 0 Å². The molecule has 0 aliphatic carbocycles. The fourth-order valence-electron chi connectivity index (χ4n) is 1.82. The van der Waals surface area contributed by atoms with Crippen molar-refractivity contribution in [2.75, 3.05) is 0 Å². The highest BCUT2D eigenvalue weighted by atomic mass is 79.9. The fourth-order valence-corrected chi connectivity index (χ4v) is 3.19. The molecule has 0 unspecified atom stereocenters. The van der Waals surface area contributed by atoms with Crippen LogP contribution in [0.15, 0.2) is 45.3 Å². The van der Waals surface area contributed by atoms with Crippen LogP contribution in [0.5, 0.6) is 0 Å². The zero-order valence-corrected chi connectivity index (χ0v) is 13.0. The molecule has 1 aromatic heterocycles. The highest BCUT2D eigenvalue weighted by Crippen LogP contribution is 2.31. The minimum atomic E-state index is 0.678. The third-order valence-corrected chi connectivity index (χ3v) is 4.15. The van der Waals surface area contributed by atoms with Crippen molar-refractivity contribution in [3.63, 3.8) is 0 Å². The van der Waals surface area contributed by atoms with Crippen LogP contribution >= 0.6 is 43.5 Å². The Morgan fingerprint density at radius 3 is 2.61 bits per heavy atom. The van der Waals surface area contributed by atoms with Crippen molar-refractivity contribution in [1.82, 2.24) is 9.97 Å². The Kier molecular flexibility index (Phi) is 3.18. The maximum absolute atomic E-state index is 6.02. The number of hydrogen-bond donors (Lipinski definition) is 1. The molecule has 3 aromatic rings. The molecule has 0 saturated carbocycles. The van der Waals surface area contributed by atoms with Crippen LogP contribution in [-0.4, -0.2) is 9.97 Å². The maximum atomic E-state index is 6.02. The van der Waals surface area contributed by atoms with Crippen molar-refractivity contribution < 1.29 is 0 Å². The molecule has 1 N–H and O–H groups in total. The number of rotatable bonds is 1. The van der Waals surface area contributed by atoms with Gasteiger partial charge in [-0.05, 0) is 34.1 Å². The minimum absolute atomic E-state index is 0.678. The zero-order chi connectivity index (χ0) is 12.7. The highest BCUT2D eigenvalue weighted by molar-refractivity contribution is 9.11. The van der Waals surface area contributed by atoms with E-state index < -0.39 is 0 Å². The molecule has 0 aliphatic rings. The average Bonchev–Trinajstić information content (AvgIpc) is 2.73. The van der Waals surface area contributed by atoms with Gasteiger partial charge >= 0.3 is 0 Å².